The van der Waals surface area contributed by atoms with Gasteiger partial charge in [0, 0.05) is 27.5 Å². The first kappa shape index (κ1) is 29.8. The van der Waals surface area contributed by atoms with Crippen LogP contribution in [0.5, 0.6) is 0 Å². The molecule has 0 atom stereocenters. The average Bonchev–Trinajstić information content (AvgIpc) is 3.56. The lowest BCUT2D eigenvalue weighted by atomic mass is 9.55. The summed E-state index contributed by atoms with van der Waals surface area (Å²) in [7, 11) is 0. The van der Waals surface area contributed by atoms with Crippen LogP contribution < -0.4 is 0 Å². The Morgan fingerprint density at radius 3 is 1.90 bits per heavy atom. The summed E-state index contributed by atoms with van der Waals surface area (Å²) in [5, 5.41) is 6.89. The van der Waals surface area contributed by atoms with Gasteiger partial charge in [0.25, 0.3) is 0 Å². The highest BCUT2D eigenvalue weighted by Crippen LogP contribution is 2.54. The van der Waals surface area contributed by atoms with Crippen molar-refractivity contribution in [2.45, 2.75) is 38.5 Å². The van der Waals surface area contributed by atoms with Crippen LogP contribution in [0, 0.1) is 0 Å². The topological polar surface area (TPSA) is 51.8 Å². The molecule has 4 nitrogen and oxygen atoms in total. The zero-order chi connectivity index (χ0) is 34.5. The van der Waals surface area contributed by atoms with Crippen molar-refractivity contribution in [1.82, 2.24) is 15.0 Å². The van der Waals surface area contributed by atoms with Gasteiger partial charge in [0.05, 0.1) is 0 Å². The molecule has 10 rings (SSSR count). The third-order valence-corrected chi connectivity index (χ3v) is 11.7. The molecule has 0 fully saturated rings. The standard InChI is InChI=1S/C47H35N3O/c1-46(2)38-18-10-8-15-32(38)37-25-30-23-21-28-22-24-31(26-35(28)36(30)27-39(37)47(46,3)4)44-48-43(29-13-6-5-7-14-29)49-45(50-44)34-17-12-20-41-42(34)33-16-9-11-19-40(33)51-41/h5-27H,1-4H3. The van der Waals surface area contributed by atoms with Crippen LogP contribution in [0.4, 0.5) is 0 Å². The molecule has 0 N–H and O–H groups in total. The Balaban J connectivity index is 1.21. The number of rotatable bonds is 3. The number of fused-ring (bicyclic) bond motifs is 9. The van der Waals surface area contributed by atoms with Crippen molar-refractivity contribution in [3.63, 3.8) is 0 Å². The van der Waals surface area contributed by atoms with E-state index in [2.05, 4.69) is 119 Å². The lowest BCUT2D eigenvalue weighted by molar-refractivity contribution is 0.299. The minimum Gasteiger partial charge on any atom is -0.456 e. The van der Waals surface area contributed by atoms with Crippen molar-refractivity contribution >= 4 is 43.5 Å². The molecule has 2 aromatic heterocycles. The third-order valence-electron chi connectivity index (χ3n) is 11.7. The second-order valence-electron chi connectivity index (χ2n) is 14.9. The van der Waals surface area contributed by atoms with E-state index in [1.807, 2.05) is 48.5 Å². The summed E-state index contributed by atoms with van der Waals surface area (Å²) in [4.78, 5) is 15.4. The second kappa shape index (κ2) is 10.7. The molecule has 0 aliphatic heterocycles. The number of nitrogens with zero attached hydrogens (tertiary/aromatic N) is 3. The lowest BCUT2D eigenvalue weighted by Gasteiger charge is -2.48. The van der Waals surface area contributed by atoms with Crippen molar-refractivity contribution < 1.29 is 4.42 Å². The van der Waals surface area contributed by atoms with Gasteiger partial charge in [-0.05, 0) is 85.0 Å². The van der Waals surface area contributed by atoms with Crippen LogP contribution in [0.25, 0.3) is 88.8 Å². The Morgan fingerprint density at radius 1 is 0.412 bits per heavy atom. The van der Waals surface area contributed by atoms with Gasteiger partial charge in [0.15, 0.2) is 17.5 Å². The van der Waals surface area contributed by atoms with E-state index in [0.29, 0.717) is 17.5 Å². The highest BCUT2D eigenvalue weighted by Gasteiger charge is 2.45. The van der Waals surface area contributed by atoms with Gasteiger partial charge >= 0.3 is 0 Å². The maximum atomic E-state index is 6.25. The monoisotopic (exact) mass is 657 g/mol. The predicted octanol–water partition coefficient (Wildman–Crippen LogP) is 12.3. The molecule has 0 unspecified atom stereocenters. The van der Waals surface area contributed by atoms with Crippen LogP contribution in [-0.4, -0.2) is 15.0 Å². The van der Waals surface area contributed by atoms with E-state index in [1.54, 1.807) is 0 Å². The smallest absolute Gasteiger partial charge is 0.164 e. The Bertz CT molecular complexity index is 2860. The largest absolute Gasteiger partial charge is 0.456 e. The minimum absolute atomic E-state index is 0.0434. The summed E-state index contributed by atoms with van der Waals surface area (Å²) in [5.74, 6) is 1.89. The Morgan fingerprint density at radius 2 is 1.04 bits per heavy atom. The van der Waals surface area contributed by atoms with Gasteiger partial charge in [0.1, 0.15) is 11.2 Å². The molecule has 7 aromatic carbocycles. The van der Waals surface area contributed by atoms with Crippen molar-refractivity contribution in [3.05, 3.63) is 151 Å². The molecule has 0 saturated heterocycles. The van der Waals surface area contributed by atoms with Crippen LogP contribution in [0.2, 0.25) is 0 Å². The molecule has 0 saturated carbocycles. The summed E-state index contributed by atoms with van der Waals surface area (Å²) in [5.41, 5.74) is 9.78. The molecule has 4 heteroatoms. The molecule has 1 aliphatic rings. The van der Waals surface area contributed by atoms with Crippen LogP contribution in [-0.2, 0) is 10.8 Å². The Hall–Kier alpha value is -6.13. The van der Waals surface area contributed by atoms with Gasteiger partial charge in [-0.3, -0.25) is 0 Å². The van der Waals surface area contributed by atoms with Gasteiger partial charge < -0.3 is 4.42 Å². The molecule has 51 heavy (non-hydrogen) atoms. The Kier molecular flexibility index (Phi) is 6.23. The summed E-state index contributed by atoms with van der Waals surface area (Å²) >= 11 is 0. The van der Waals surface area contributed by atoms with Gasteiger partial charge in [-0.15, -0.1) is 0 Å². The third kappa shape index (κ3) is 4.36. The van der Waals surface area contributed by atoms with Crippen molar-refractivity contribution in [2.75, 3.05) is 0 Å². The molecule has 0 spiro atoms. The second-order valence-corrected chi connectivity index (χ2v) is 14.9. The van der Waals surface area contributed by atoms with Crippen LogP contribution in [0.3, 0.4) is 0 Å². The molecule has 244 valence electrons. The predicted molar refractivity (Wildman–Crippen MR) is 210 cm³/mol. The Labute approximate surface area is 296 Å². The first-order valence-electron chi connectivity index (χ1n) is 17.6. The molecular formula is C47H35N3O. The number of hydrogen-bond acceptors (Lipinski definition) is 4. The summed E-state index contributed by atoms with van der Waals surface area (Å²) in [6, 6.07) is 49.3. The summed E-state index contributed by atoms with van der Waals surface area (Å²) in [6.45, 7) is 9.56. The lowest BCUT2D eigenvalue weighted by Crippen LogP contribution is -2.43. The number of furan rings is 1. The van der Waals surface area contributed by atoms with E-state index in [4.69, 9.17) is 19.4 Å². The van der Waals surface area contributed by atoms with Crippen LogP contribution >= 0.6 is 0 Å². The first-order chi connectivity index (χ1) is 24.8. The molecule has 0 radical (unpaired) electrons. The van der Waals surface area contributed by atoms with E-state index in [-0.39, 0.29) is 10.8 Å². The van der Waals surface area contributed by atoms with Gasteiger partial charge in [0.2, 0.25) is 0 Å². The van der Waals surface area contributed by atoms with E-state index in [0.717, 1.165) is 38.6 Å². The van der Waals surface area contributed by atoms with Crippen molar-refractivity contribution in [1.29, 1.82) is 0 Å². The van der Waals surface area contributed by atoms with Gasteiger partial charge in [-0.2, -0.15) is 0 Å². The van der Waals surface area contributed by atoms with E-state index in [9.17, 15) is 0 Å². The fourth-order valence-corrected chi connectivity index (χ4v) is 8.22. The molecule has 1 aliphatic carbocycles. The minimum atomic E-state index is -0.0867. The molecule has 0 bridgehead atoms. The zero-order valence-corrected chi connectivity index (χ0v) is 29.0. The summed E-state index contributed by atoms with van der Waals surface area (Å²) in [6.07, 6.45) is 0. The van der Waals surface area contributed by atoms with Gasteiger partial charge in [-0.1, -0.05) is 137 Å². The molecule has 0 amide bonds. The quantitative estimate of drug-likeness (QED) is 0.177. The molecular weight excluding hydrogens is 623 g/mol. The number of benzene rings is 7. The maximum absolute atomic E-state index is 6.25. The van der Waals surface area contributed by atoms with E-state index in [1.165, 1.54) is 43.8 Å². The average molecular weight is 658 g/mol. The summed E-state index contributed by atoms with van der Waals surface area (Å²) < 4.78 is 6.25. The van der Waals surface area contributed by atoms with E-state index >= 15 is 0 Å². The normalized spacial score (nSPS) is 14.6. The molecule has 9 aromatic rings. The first-order valence-corrected chi connectivity index (χ1v) is 17.6. The number of para-hydroxylation sites is 1. The molecule has 2 heterocycles. The van der Waals surface area contributed by atoms with Crippen LogP contribution in [0.15, 0.2) is 144 Å². The highest BCUT2D eigenvalue weighted by atomic mass is 16.3. The number of hydrogen-bond donors (Lipinski definition) is 0. The van der Waals surface area contributed by atoms with E-state index < -0.39 is 0 Å². The van der Waals surface area contributed by atoms with Crippen LogP contribution in [0.1, 0.15) is 38.8 Å². The maximum Gasteiger partial charge on any atom is 0.164 e. The van der Waals surface area contributed by atoms with Gasteiger partial charge in [-0.25, -0.2) is 15.0 Å². The fourth-order valence-electron chi connectivity index (χ4n) is 8.22. The highest BCUT2D eigenvalue weighted by molar-refractivity contribution is 6.12. The van der Waals surface area contributed by atoms with Crippen molar-refractivity contribution in [3.8, 4) is 45.3 Å². The zero-order valence-electron chi connectivity index (χ0n) is 29.0. The van der Waals surface area contributed by atoms with Crippen molar-refractivity contribution in [2.24, 2.45) is 0 Å². The fraction of sp³-hybridized carbons (Fsp3) is 0.128. The number of aromatic nitrogens is 3. The SMILES string of the molecule is CC1(C)c2ccccc2-c2cc3ccc4ccc(-c5nc(-c6ccccc6)nc(-c6cccc7oc8ccccc8c67)n5)cc4c3cc2C1(C)C.